The second kappa shape index (κ2) is 7.44. The third-order valence-electron chi connectivity index (χ3n) is 2.21. The lowest BCUT2D eigenvalue weighted by Crippen LogP contribution is -2.23. The lowest BCUT2D eigenvalue weighted by molar-refractivity contribution is -0.137. The maximum Gasteiger partial charge on any atom is 0.315 e. The van der Waals surface area contributed by atoms with Crippen molar-refractivity contribution in [2.45, 2.75) is 31.9 Å². The molecular weight excluding hydrogens is 286 g/mol. The molecule has 0 saturated heterocycles. The van der Waals surface area contributed by atoms with Crippen LogP contribution < -0.4 is 5.32 Å². The molecule has 1 heterocycles. The number of aromatic nitrogens is 2. The van der Waals surface area contributed by atoms with Gasteiger partial charge < -0.3 is 4.74 Å². The van der Waals surface area contributed by atoms with Crippen LogP contribution in [0.25, 0.3) is 0 Å². The van der Waals surface area contributed by atoms with Crippen molar-refractivity contribution in [3.8, 4) is 0 Å². The summed E-state index contributed by atoms with van der Waals surface area (Å²) in [5.41, 5.74) is 0. The first-order chi connectivity index (χ1) is 8.93. The monoisotopic (exact) mass is 303 g/mol. The van der Waals surface area contributed by atoms with Gasteiger partial charge in [0, 0.05) is 5.92 Å². The van der Waals surface area contributed by atoms with Gasteiger partial charge in [0.1, 0.15) is 5.01 Å². The molecule has 106 valence electrons. The van der Waals surface area contributed by atoms with Gasteiger partial charge >= 0.3 is 5.97 Å². The fraction of sp³-hybridized carbons (Fsp3) is 0.636. The van der Waals surface area contributed by atoms with Crippen molar-refractivity contribution in [3.05, 3.63) is 5.01 Å². The highest BCUT2D eigenvalue weighted by Gasteiger charge is 2.17. The Morgan fingerprint density at radius 2 is 2.05 bits per heavy atom. The molecule has 1 aromatic heterocycles. The predicted molar refractivity (Wildman–Crippen MR) is 76.6 cm³/mol. The van der Waals surface area contributed by atoms with Crippen molar-refractivity contribution in [2.24, 2.45) is 0 Å². The Labute approximate surface area is 120 Å². The first kappa shape index (κ1) is 15.9. The molecule has 0 aliphatic carbocycles. The van der Waals surface area contributed by atoms with Crippen molar-refractivity contribution in [1.82, 2.24) is 10.2 Å². The van der Waals surface area contributed by atoms with Crippen molar-refractivity contribution in [2.75, 3.05) is 18.2 Å². The Morgan fingerprint density at radius 1 is 1.37 bits per heavy atom. The van der Waals surface area contributed by atoms with E-state index >= 15 is 0 Å². The Bertz CT molecular complexity index is 448. The number of amides is 1. The van der Waals surface area contributed by atoms with Crippen LogP contribution in [-0.2, 0) is 14.3 Å². The van der Waals surface area contributed by atoms with Crippen molar-refractivity contribution in [1.29, 1.82) is 0 Å². The van der Waals surface area contributed by atoms with Gasteiger partial charge in [-0.15, -0.1) is 22.0 Å². The van der Waals surface area contributed by atoms with Gasteiger partial charge in [0.15, 0.2) is 0 Å². The van der Waals surface area contributed by atoms with Gasteiger partial charge in [-0.25, -0.2) is 0 Å². The zero-order chi connectivity index (χ0) is 14.4. The highest BCUT2D eigenvalue weighted by atomic mass is 32.2. The number of anilines is 1. The van der Waals surface area contributed by atoms with Crippen LogP contribution in [0.3, 0.4) is 0 Å². The lowest BCUT2D eigenvalue weighted by atomic mass is 10.2. The number of thioether (sulfide) groups is 1. The molecule has 1 amide bonds. The van der Waals surface area contributed by atoms with Gasteiger partial charge in [-0.1, -0.05) is 25.2 Å². The van der Waals surface area contributed by atoms with Gasteiger partial charge in [-0.2, -0.15) is 0 Å². The highest BCUT2D eigenvalue weighted by Crippen LogP contribution is 2.23. The number of carbonyl (C=O) groups excluding carboxylic acids is 2. The van der Waals surface area contributed by atoms with Crippen LogP contribution in [-0.4, -0.2) is 40.2 Å². The average molecular weight is 303 g/mol. The van der Waals surface area contributed by atoms with E-state index in [2.05, 4.69) is 20.3 Å². The van der Waals surface area contributed by atoms with Gasteiger partial charge in [0.05, 0.1) is 18.1 Å². The molecule has 8 heteroatoms. The van der Waals surface area contributed by atoms with Crippen LogP contribution in [0.4, 0.5) is 5.13 Å². The van der Waals surface area contributed by atoms with Crippen molar-refractivity contribution >= 4 is 40.1 Å². The van der Waals surface area contributed by atoms with E-state index in [1.54, 1.807) is 6.92 Å². The maximum absolute atomic E-state index is 11.8. The summed E-state index contributed by atoms with van der Waals surface area (Å²) in [6.07, 6.45) is 0. The minimum Gasteiger partial charge on any atom is -0.468 e. The SMILES string of the molecule is COC(=O)CS[C@H](C)C(=O)Nc1nnc(C(C)C)s1. The van der Waals surface area contributed by atoms with Gasteiger partial charge in [-0.05, 0) is 6.92 Å². The first-order valence-electron chi connectivity index (χ1n) is 5.76. The van der Waals surface area contributed by atoms with Crippen molar-refractivity contribution in [3.63, 3.8) is 0 Å². The molecule has 19 heavy (non-hydrogen) atoms. The Balaban J connectivity index is 2.46. The average Bonchev–Trinajstić information content (AvgIpc) is 2.83. The Kier molecular flexibility index (Phi) is 6.23. The van der Waals surface area contributed by atoms with Crippen LogP contribution in [0.15, 0.2) is 0 Å². The minimum absolute atomic E-state index is 0.151. The third-order valence-corrected chi connectivity index (χ3v) is 4.47. The number of nitrogens with one attached hydrogen (secondary N) is 1. The van der Waals surface area contributed by atoms with E-state index in [0.29, 0.717) is 5.13 Å². The molecule has 0 bridgehead atoms. The van der Waals surface area contributed by atoms with E-state index in [9.17, 15) is 9.59 Å². The second-order valence-electron chi connectivity index (χ2n) is 4.12. The molecular formula is C11H17N3O3S2. The molecule has 0 unspecified atom stereocenters. The summed E-state index contributed by atoms with van der Waals surface area (Å²) in [7, 11) is 1.32. The van der Waals surface area contributed by atoms with Crippen molar-refractivity contribution < 1.29 is 14.3 Å². The molecule has 0 saturated carbocycles. The minimum atomic E-state index is -0.356. The Hall–Kier alpha value is -1.15. The molecule has 6 nitrogen and oxygen atoms in total. The molecule has 1 rings (SSSR count). The number of hydrogen-bond donors (Lipinski definition) is 1. The summed E-state index contributed by atoms with van der Waals surface area (Å²) in [6, 6.07) is 0. The lowest BCUT2D eigenvalue weighted by Gasteiger charge is -2.08. The van der Waals surface area contributed by atoms with Gasteiger partial charge in [0.2, 0.25) is 11.0 Å². The zero-order valence-electron chi connectivity index (χ0n) is 11.3. The van der Waals surface area contributed by atoms with E-state index in [4.69, 9.17) is 0 Å². The van der Waals surface area contributed by atoms with E-state index in [0.717, 1.165) is 5.01 Å². The molecule has 0 spiro atoms. The van der Waals surface area contributed by atoms with Crippen LogP contribution in [0.5, 0.6) is 0 Å². The van der Waals surface area contributed by atoms with E-state index < -0.39 is 0 Å². The van der Waals surface area contributed by atoms with E-state index in [1.807, 2.05) is 13.8 Å². The third kappa shape index (κ3) is 5.15. The molecule has 0 aliphatic rings. The number of ether oxygens (including phenoxy) is 1. The zero-order valence-corrected chi connectivity index (χ0v) is 12.9. The van der Waals surface area contributed by atoms with Crippen LogP contribution in [0, 0.1) is 0 Å². The predicted octanol–water partition coefficient (Wildman–Crippen LogP) is 1.89. The largest absolute Gasteiger partial charge is 0.468 e. The molecule has 1 aromatic rings. The first-order valence-corrected chi connectivity index (χ1v) is 7.63. The number of esters is 1. The molecule has 1 atom stereocenters. The number of rotatable bonds is 6. The summed E-state index contributed by atoms with van der Waals surface area (Å²) in [4.78, 5) is 22.8. The standard InChI is InChI=1S/C11H17N3O3S2/c1-6(2)10-13-14-11(19-10)12-9(16)7(3)18-5-8(15)17-4/h6-7H,5H2,1-4H3,(H,12,14,16)/t7-/m1/s1. The summed E-state index contributed by atoms with van der Waals surface area (Å²) in [5.74, 6) is -0.101. The second-order valence-corrected chi connectivity index (χ2v) is 6.46. The Morgan fingerprint density at radius 3 is 2.58 bits per heavy atom. The van der Waals surface area contributed by atoms with E-state index in [1.165, 1.54) is 30.2 Å². The summed E-state index contributed by atoms with van der Waals surface area (Å²) in [5, 5.41) is 11.6. The number of hydrogen-bond acceptors (Lipinski definition) is 7. The summed E-state index contributed by atoms with van der Waals surface area (Å²) < 4.78 is 4.52. The summed E-state index contributed by atoms with van der Waals surface area (Å²) in [6.45, 7) is 5.76. The molecule has 0 radical (unpaired) electrons. The van der Waals surface area contributed by atoms with E-state index in [-0.39, 0.29) is 28.8 Å². The molecule has 0 aliphatic heterocycles. The normalized spacial score (nSPS) is 12.3. The topological polar surface area (TPSA) is 81.2 Å². The van der Waals surface area contributed by atoms with Gasteiger partial charge in [0.25, 0.3) is 0 Å². The summed E-state index contributed by atoms with van der Waals surface area (Å²) >= 11 is 2.58. The molecule has 1 N–H and O–H groups in total. The number of methoxy groups -OCH3 is 1. The fourth-order valence-electron chi connectivity index (χ4n) is 1.05. The number of nitrogens with zero attached hydrogens (tertiary/aromatic N) is 2. The van der Waals surface area contributed by atoms with Crippen LogP contribution in [0.1, 0.15) is 31.7 Å². The quantitative estimate of drug-likeness (QED) is 0.808. The number of carbonyl (C=O) groups is 2. The smallest absolute Gasteiger partial charge is 0.315 e. The molecule has 0 fully saturated rings. The van der Waals surface area contributed by atoms with Crippen LogP contribution >= 0.6 is 23.1 Å². The van der Waals surface area contributed by atoms with Crippen LogP contribution in [0.2, 0.25) is 0 Å². The van der Waals surface area contributed by atoms with Gasteiger partial charge in [-0.3, -0.25) is 14.9 Å². The fourth-order valence-corrected chi connectivity index (χ4v) is 2.52. The highest BCUT2D eigenvalue weighted by molar-refractivity contribution is 8.01. The molecule has 0 aromatic carbocycles. The maximum atomic E-state index is 11.8.